The highest BCUT2D eigenvalue weighted by Gasteiger charge is 2.16. The van der Waals surface area contributed by atoms with Crippen LogP contribution in [-0.4, -0.2) is 30.1 Å². The minimum absolute atomic E-state index is 0.118. The number of carbonyl (C=O) groups is 2. The van der Waals surface area contributed by atoms with Gasteiger partial charge in [-0.3, -0.25) is 9.59 Å². The standard InChI is InChI=1S/C20H18ClN3O4S/c1-27-16-10-14(9-15(21)18(16)28-12-17(22)25)19(26)23-20-24(7-8-29-20)11-13-5-3-2-4-6-13/h2-10H,11-12H2,1H3,(H2,22,25). The van der Waals surface area contributed by atoms with Crippen molar-refractivity contribution in [2.75, 3.05) is 13.7 Å². The number of primary amides is 1. The SMILES string of the molecule is COc1cc(C(=O)N=c2sccn2Cc2ccccc2)cc(Cl)c1OCC(N)=O. The lowest BCUT2D eigenvalue weighted by atomic mass is 10.2. The third-order valence-electron chi connectivity index (χ3n) is 3.89. The second-order valence-corrected chi connectivity index (χ2v) is 7.24. The average Bonchev–Trinajstić information content (AvgIpc) is 3.13. The van der Waals surface area contributed by atoms with Crippen LogP contribution < -0.4 is 20.0 Å². The van der Waals surface area contributed by atoms with Crippen LogP contribution in [0.1, 0.15) is 15.9 Å². The third-order valence-corrected chi connectivity index (χ3v) is 4.96. The molecule has 0 unspecified atom stereocenters. The van der Waals surface area contributed by atoms with Crippen LogP contribution in [0.4, 0.5) is 0 Å². The van der Waals surface area contributed by atoms with Gasteiger partial charge in [-0.15, -0.1) is 11.3 Å². The number of methoxy groups -OCH3 is 1. The molecule has 0 bridgehead atoms. The fraction of sp³-hybridized carbons (Fsp3) is 0.150. The van der Waals surface area contributed by atoms with Crippen molar-refractivity contribution in [2.24, 2.45) is 10.7 Å². The van der Waals surface area contributed by atoms with Crippen molar-refractivity contribution in [3.05, 3.63) is 75.0 Å². The molecular formula is C20H18ClN3O4S. The summed E-state index contributed by atoms with van der Waals surface area (Å²) in [6, 6.07) is 12.8. The van der Waals surface area contributed by atoms with E-state index in [1.165, 1.54) is 30.6 Å². The van der Waals surface area contributed by atoms with Crippen molar-refractivity contribution in [2.45, 2.75) is 6.54 Å². The van der Waals surface area contributed by atoms with Crippen LogP contribution in [0.3, 0.4) is 0 Å². The van der Waals surface area contributed by atoms with Crippen LogP contribution in [0.2, 0.25) is 5.02 Å². The lowest BCUT2D eigenvalue weighted by Gasteiger charge is -2.12. The lowest BCUT2D eigenvalue weighted by Crippen LogP contribution is -2.20. The van der Waals surface area contributed by atoms with Gasteiger partial charge in [0.2, 0.25) is 0 Å². The molecule has 29 heavy (non-hydrogen) atoms. The molecule has 0 spiro atoms. The van der Waals surface area contributed by atoms with E-state index in [0.29, 0.717) is 11.3 Å². The second-order valence-electron chi connectivity index (χ2n) is 5.96. The predicted octanol–water partition coefficient (Wildman–Crippen LogP) is 2.87. The Hall–Kier alpha value is -3.10. The Balaban J connectivity index is 1.89. The van der Waals surface area contributed by atoms with Crippen molar-refractivity contribution >= 4 is 34.8 Å². The molecule has 7 nitrogen and oxygen atoms in total. The Morgan fingerprint density at radius 2 is 2.00 bits per heavy atom. The first-order chi connectivity index (χ1) is 14.0. The molecular weight excluding hydrogens is 414 g/mol. The monoisotopic (exact) mass is 431 g/mol. The molecule has 0 fully saturated rings. The Morgan fingerprint density at radius 3 is 2.69 bits per heavy atom. The molecule has 9 heteroatoms. The molecule has 0 aliphatic rings. The molecule has 2 aromatic carbocycles. The molecule has 0 aliphatic carbocycles. The lowest BCUT2D eigenvalue weighted by molar-refractivity contribution is -0.119. The van der Waals surface area contributed by atoms with E-state index in [9.17, 15) is 9.59 Å². The topological polar surface area (TPSA) is 95.9 Å². The highest BCUT2D eigenvalue weighted by molar-refractivity contribution is 7.07. The maximum Gasteiger partial charge on any atom is 0.279 e. The second kappa shape index (κ2) is 9.40. The van der Waals surface area contributed by atoms with E-state index < -0.39 is 11.8 Å². The first-order valence-corrected chi connectivity index (χ1v) is 9.79. The van der Waals surface area contributed by atoms with Gasteiger partial charge in [-0.2, -0.15) is 4.99 Å². The van der Waals surface area contributed by atoms with Gasteiger partial charge in [0.15, 0.2) is 22.9 Å². The number of halogens is 1. The molecule has 3 rings (SSSR count). The summed E-state index contributed by atoms with van der Waals surface area (Å²) in [5.41, 5.74) is 6.42. The Bertz CT molecular complexity index is 1090. The molecule has 0 aliphatic heterocycles. The summed E-state index contributed by atoms with van der Waals surface area (Å²) in [6.45, 7) is 0.239. The van der Waals surface area contributed by atoms with Gasteiger partial charge in [-0.05, 0) is 17.7 Å². The normalized spacial score (nSPS) is 11.3. The number of amides is 2. The average molecular weight is 432 g/mol. The minimum Gasteiger partial charge on any atom is -0.493 e. The number of thiazole rings is 1. The summed E-state index contributed by atoms with van der Waals surface area (Å²) in [7, 11) is 1.40. The van der Waals surface area contributed by atoms with Gasteiger partial charge < -0.3 is 19.8 Å². The smallest absolute Gasteiger partial charge is 0.279 e. The summed E-state index contributed by atoms with van der Waals surface area (Å²) in [5.74, 6) is -0.782. The zero-order valence-electron chi connectivity index (χ0n) is 15.5. The van der Waals surface area contributed by atoms with E-state index in [1.54, 1.807) is 0 Å². The van der Waals surface area contributed by atoms with Crippen molar-refractivity contribution in [3.63, 3.8) is 0 Å². The highest BCUT2D eigenvalue weighted by atomic mass is 35.5. The number of hydrogen-bond donors (Lipinski definition) is 1. The van der Waals surface area contributed by atoms with E-state index in [1.807, 2.05) is 46.5 Å². The van der Waals surface area contributed by atoms with Crippen LogP contribution in [0.25, 0.3) is 0 Å². The molecule has 2 N–H and O–H groups in total. The molecule has 1 aromatic heterocycles. The molecule has 0 radical (unpaired) electrons. The zero-order chi connectivity index (χ0) is 20.8. The van der Waals surface area contributed by atoms with Crippen LogP contribution in [0.5, 0.6) is 11.5 Å². The summed E-state index contributed by atoms with van der Waals surface area (Å²) in [4.78, 5) is 28.4. The van der Waals surface area contributed by atoms with Gasteiger partial charge in [0.1, 0.15) is 0 Å². The number of benzene rings is 2. The number of rotatable bonds is 7. The summed E-state index contributed by atoms with van der Waals surface area (Å²) in [6.07, 6.45) is 1.87. The zero-order valence-corrected chi connectivity index (χ0v) is 17.1. The molecule has 0 atom stereocenters. The van der Waals surface area contributed by atoms with E-state index in [2.05, 4.69) is 4.99 Å². The number of carbonyl (C=O) groups excluding carboxylic acids is 2. The number of ether oxygens (including phenoxy) is 2. The Morgan fingerprint density at radius 1 is 1.24 bits per heavy atom. The quantitative estimate of drug-likeness (QED) is 0.622. The van der Waals surface area contributed by atoms with Crippen LogP contribution >= 0.6 is 22.9 Å². The van der Waals surface area contributed by atoms with Crippen molar-refractivity contribution in [3.8, 4) is 11.5 Å². The molecule has 3 aromatic rings. The first kappa shape index (κ1) is 20.6. The van der Waals surface area contributed by atoms with Gasteiger partial charge in [0, 0.05) is 23.7 Å². The molecule has 1 heterocycles. The third kappa shape index (κ3) is 5.24. The van der Waals surface area contributed by atoms with Crippen molar-refractivity contribution < 1.29 is 19.1 Å². The van der Waals surface area contributed by atoms with E-state index in [-0.39, 0.29) is 28.7 Å². The molecule has 0 saturated carbocycles. The predicted molar refractivity (Wildman–Crippen MR) is 110 cm³/mol. The minimum atomic E-state index is -0.654. The van der Waals surface area contributed by atoms with E-state index >= 15 is 0 Å². The van der Waals surface area contributed by atoms with Crippen molar-refractivity contribution in [1.82, 2.24) is 4.57 Å². The van der Waals surface area contributed by atoms with Gasteiger partial charge in [-0.25, -0.2) is 0 Å². The van der Waals surface area contributed by atoms with Crippen LogP contribution in [-0.2, 0) is 11.3 Å². The van der Waals surface area contributed by atoms with E-state index in [4.69, 9.17) is 26.8 Å². The maximum atomic E-state index is 12.7. The van der Waals surface area contributed by atoms with E-state index in [0.717, 1.165) is 5.56 Å². The number of nitrogens with two attached hydrogens (primary N) is 1. The molecule has 150 valence electrons. The molecule has 2 amide bonds. The summed E-state index contributed by atoms with van der Waals surface area (Å²) < 4.78 is 12.4. The maximum absolute atomic E-state index is 12.7. The van der Waals surface area contributed by atoms with Crippen molar-refractivity contribution in [1.29, 1.82) is 0 Å². The Kier molecular flexibility index (Phi) is 6.69. The number of aromatic nitrogens is 1. The van der Waals surface area contributed by atoms with Gasteiger partial charge in [0.05, 0.1) is 12.1 Å². The molecule has 0 saturated heterocycles. The fourth-order valence-corrected chi connectivity index (χ4v) is 3.56. The first-order valence-electron chi connectivity index (χ1n) is 8.53. The highest BCUT2D eigenvalue weighted by Crippen LogP contribution is 2.36. The Labute approximate surface area is 176 Å². The van der Waals surface area contributed by atoms with Crippen LogP contribution in [0.15, 0.2) is 59.0 Å². The van der Waals surface area contributed by atoms with Gasteiger partial charge in [-0.1, -0.05) is 41.9 Å². The van der Waals surface area contributed by atoms with Gasteiger partial charge >= 0.3 is 0 Å². The van der Waals surface area contributed by atoms with Crippen LogP contribution in [0, 0.1) is 0 Å². The number of hydrogen-bond acceptors (Lipinski definition) is 5. The fourth-order valence-electron chi connectivity index (χ4n) is 2.57. The summed E-state index contributed by atoms with van der Waals surface area (Å²) in [5, 5.41) is 1.98. The summed E-state index contributed by atoms with van der Waals surface area (Å²) >= 11 is 7.56. The van der Waals surface area contributed by atoms with Gasteiger partial charge in [0.25, 0.3) is 11.8 Å². The largest absolute Gasteiger partial charge is 0.493 e. The number of nitrogens with zero attached hydrogens (tertiary/aromatic N) is 2.